The average Bonchev–Trinajstić information content (AvgIpc) is 2.34. The molecule has 0 aromatic carbocycles. The smallest absolute Gasteiger partial charge is 0.407 e. The van der Waals surface area contributed by atoms with Crippen LogP contribution >= 0.6 is 0 Å². The van der Waals surface area contributed by atoms with Crippen LogP contribution < -0.4 is 5.32 Å². The zero-order valence-corrected chi connectivity index (χ0v) is 12.6. The van der Waals surface area contributed by atoms with Crippen molar-refractivity contribution in [2.24, 2.45) is 0 Å². The molecule has 19 heavy (non-hydrogen) atoms. The van der Waals surface area contributed by atoms with E-state index in [0.717, 1.165) is 12.8 Å². The van der Waals surface area contributed by atoms with Crippen molar-refractivity contribution in [3.05, 3.63) is 23.3 Å². The molecule has 0 aliphatic heterocycles. The minimum Gasteiger partial charge on any atom is -0.447 e. The van der Waals surface area contributed by atoms with Crippen LogP contribution in [-0.2, 0) is 9.47 Å². The Bertz CT molecular complexity index is 305. The lowest BCUT2D eigenvalue weighted by Crippen LogP contribution is -2.25. The van der Waals surface area contributed by atoms with E-state index in [0.29, 0.717) is 26.4 Å². The maximum absolute atomic E-state index is 11.3. The van der Waals surface area contributed by atoms with Gasteiger partial charge in [-0.05, 0) is 40.5 Å². The van der Waals surface area contributed by atoms with Crippen LogP contribution in [0.4, 0.5) is 4.79 Å². The van der Waals surface area contributed by atoms with Crippen molar-refractivity contribution in [2.45, 2.75) is 40.5 Å². The van der Waals surface area contributed by atoms with Gasteiger partial charge in [0.15, 0.2) is 0 Å². The Balaban J connectivity index is 3.63. The summed E-state index contributed by atoms with van der Waals surface area (Å²) in [7, 11) is 0. The monoisotopic (exact) mass is 269 g/mol. The maximum atomic E-state index is 11.3. The molecule has 0 rings (SSSR count). The van der Waals surface area contributed by atoms with Gasteiger partial charge in [0.25, 0.3) is 0 Å². The SMILES string of the molecule is CCOCCOC(=O)NC/C=C(\C)CCC=C(C)C. The molecule has 0 aromatic heterocycles. The second kappa shape index (κ2) is 11.8. The molecule has 0 spiro atoms. The summed E-state index contributed by atoms with van der Waals surface area (Å²) in [6.45, 7) is 10.1. The molecule has 1 N–H and O–H groups in total. The Kier molecular flexibility index (Phi) is 11.0. The van der Waals surface area contributed by atoms with Gasteiger partial charge in [-0.15, -0.1) is 0 Å². The van der Waals surface area contributed by atoms with Gasteiger partial charge in [-0.2, -0.15) is 0 Å². The molecular weight excluding hydrogens is 242 g/mol. The minimum atomic E-state index is -0.395. The van der Waals surface area contributed by atoms with Crippen LogP contribution in [0, 0.1) is 0 Å². The highest BCUT2D eigenvalue weighted by atomic mass is 16.6. The fourth-order valence-electron chi connectivity index (χ4n) is 1.39. The van der Waals surface area contributed by atoms with Gasteiger partial charge in [0.05, 0.1) is 6.61 Å². The molecule has 4 heteroatoms. The first-order chi connectivity index (χ1) is 9.06. The number of nitrogens with one attached hydrogen (secondary N) is 1. The van der Waals surface area contributed by atoms with Crippen molar-refractivity contribution < 1.29 is 14.3 Å². The summed E-state index contributed by atoms with van der Waals surface area (Å²) in [6, 6.07) is 0. The highest BCUT2D eigenvalue weighted by Crippen LogP contribution is 2.05. The van der Waals surface area contributed by atoms with Crippen molar-refractivity contribution in [1.82, 2.24) is 5.32 Å². The molecule has 0 fully saturated rings. The molecular formula is C15H27NO3. The highest BCUT2D eigenvalue weighted by Gasteiger charge is 1.99. The van der Waals surface area contributed by atoms with Gasteiger partial charge >= 0.3 is 6.09 Å². The van der Waals surface area contributed by atoms with Crippen LogP contribution in [0.5, 0.6) is 0 Å². The van der Waals surface area contributed by atoms with Crippen LogP contribution in [0.3, 0.4) is 0 Å². The third-order valence-electron chi connectivity index (χ3n) is 2.45. The molecule has 0 aliphatic rings. The first-order valence-electron chi connectivity index (χ1n) is 6.83. The Labute approximate surface area is 116 Å². The fraction of sp³-hybridized carbons (Fsp3) is 0.667. The second-order valence-corrected chi connectivity index (χ2v) is 4.58. The van der Waals surface area contributed by atoms with Crippen molar-refractivity contribution >= 4 is 6.09 Å². The summed E-state index contributed by atoms with van der Waals surface area (Å²) in [6.07, 6.45) is 5.90. The van der Waals surface area contributed by atoms with E-state index in [4.69, 9.17) is 9.47 Å². The standard InChI is InChI=1S/C15H27NO3/c1-5-18-11-12-19-15(17)16-10-9-14(4)8-6-7-13(2)3/h7,9H,5-6,8,10-12H2,1-4H3,(H,16,17)/b14-9+. The summed E-state index contributed by atoms with van der Waals surface area (Å²) >= 11 is 0. The van der Waals surface area contributed by atoms with Crippen molar-refractivity contribution in [2.75, 3.05) is 26.4 Å². The van der Waals surface area contributed by atoms with Crippen molar-refractivity contribution in [3.8, 4) is 0 Å². The summed E-state index contributed by atoms with van der Waals surface area (Å²) in [5, 5.41) is 2.68. The molecule has 0 aromatic rings. The van der Waals surface area contributed by atoms with E-state index in [9.17, 15) is 4.79 Å². The molecule has 0 saturated heterocycles. The molecule has 4 nitrogen and oxygen atoms in total. The summed E-state index contributed by atoms with van der Waals surface area (Å²) in [5.74, 6) is 0. The van der Waals surface area contributed by atoms with Gasteiger partial charge in [0.1, 0.15) is 6.61 Å². The summed E-state index contributed by atoms with van der Waals surface area (Å²) in [4.78, 5) is 11.3. The number of alkyl carbamates (subject to hydrolysis) is 1. The number of carbonyl (C=O) groups excluding carboxylic acids is 1. The molecule has 0 radical (unpaired) electrons. The summed E-state index contributed by atoms with van der Waals surface area (Å²) < 4.78 is 9.99. The third kappa shape index (κ3) is 12.9. The van der Waals surface area contributed by atoms with Crippen molar-refractivity contribution in [3.63, 3.8) is 0 Å². The number of ether oxygens (including phenoxy) is 2. The van der Waals surface area contributed by atoms with E-state index >= 15 is 0 Å². The molecule has 110 valence electrons. The lowest BCUT2D eigenvalue weighted by Gasteiger charge is -2.05. The molecule has 0 unspecified atom stereocenters. The molecule has 1 amide bonds. The first-order valence-corrected chi connectivity index (χ1v) is 6.83. The number of allylic oxidation sites excluding steroid dienone is 3. The number of hydrogen-bond donors (Lipinski definition) is 1. The fourth-order valence-corrected chi connectivity index (χ4v) is 1.39. The van der Waals surface area contributed by atoms with Crippen molar-refractivity contribution in [1.29, 1.82) is 0 Å². The molecule has 0 heterocycles. The normalized spacial score (nSPS) is 11.1. The Hall–Kier alpha value is -1.29. The Morgan fingerprint density at radius 2 is 1.89 bits per heavy atom. The third-order valence-corrected chi connectivity index (χ3v) is 2.45. The number of amides is 1. The molecule has 0 aliphatic carbocycles. The van der Waals surface area contributed by atoms with Gasteiger partial charge in [-0.1, -0.05) is 23.3 Å². The van der Waals surface area contributed by atoms with E-state index < -0.39 is 6.09 Å². The van der Waals surface area contributed by atoms with Crippen LogP contribution in [0.25, 0.3) is 0 Å². The maximum Gasteiger partial charge on any atom is 0.407 e. The van der Waals surface area contributed by atoms with E-state index in [1.54, 1.807) is 0 Å². The predicted octanol–water partition coefficient (Wildman–Crippen LogP) is 3.44. The highest BCUT2D eigenvalue weighted by molar-refractivity contribution is 5.67. The molecule has 0 atom stereocenters. The number of rotatable bonds is 9. The van der Waals surface area contributed by atoms with Gasteiger partial charge in [-0.3, -0.25) is 0 Å². The molecule has 0 bridgehead atoms. The van der Waals surface area contributed by atoms with Gasteiger partial charge in [0, 0.05) is 13.2 Å². The predicted molar refractivity (Wildman–Crippen MR) is 78.3 cm³/mol. The lowest BCUT2D eigenvalue weighted by molar-refractivity contribution is 0.0793. The van der Waals surface area contributed by atoms with Crippen LogP contribution in [0.2, 0.25) is 0 Å². The van der Waals surface area contributed by atoms with E-state index in [-0.39, 0.29) is 0 Å². The number of hydrogen-bond acceptors (Lipinski definition) is 3. The summed E-state index contributed by atoms with van der Waals surface area (Å²) in [5.41, 5.74) is 2.61. The molecule has 0 saturated carbocycles. The van der Waals surface area contributed by atoms with Crippen LogP contribution in [0.1, 0.15) is 40.5 Å². The zero-order valence-electron chi connectivity index (χ0n) is 12.6. The van der Waals surface area contributed by atoms with Gasteiger partial charge < -0.3 is 14.8 Å². The minimum absolute atomic E-state index is 0.295. The van der Waals surface area contributed by atoms with E-state index in [1.165, 1.54) is 11.1 Å². The number of carbonyl (C=O) groups is 1. The van der Waals surface area contributed by atoms with Crippen LogP contribution in [-0.4, -0.2) is 32.5 Å². The Morgan fingerprint density at radius 1 is 1.16 bits per heavy atom. The van der Waals surface area contributed by atoms with Crippen LogP contribution in [0.15, 0.2) is 23.3 Å². The Morgan fingerprint density at radius 3 is 2.53 bits per heavy atom. The van der Waals surface area contributed by atoms with Gasteiger partial charge in [0.2, 0.25) is 0 Å². The first kappa shape index (κ1) is 17.7. The average molecular weight is 269 g/mol. The van der Waals surface area contributed by atoms with E-state index in [1.807, 2.05) is 13.0 Å². The second-order valence-electron chi connectivity index (χ2n) is 4.58. The lowest BCUT2D eigenvalue weighted by atomic mass is 10.1. The van der Waals surface area contributed by atoms with E-state index in [2.05, 4.69) is 32.2 Å². The largest absolute Gasteiger partial charge is 0.447 e. The quantitative estimate of drug-likeness (QED) is 0.515. The van der Waals surface area contributed by atoms with Gasteiger partial charge in [-0.25, -0.2) is 4.79 Å². The topological polar surface area (TPSA) is 47.6 Å². The zero-order chi connectivity index (χ0) is 14.5.